The van der Waals surface area contributed by atoms with Gasteiger partial charge in [-0.05, 0) is 63.7 Å². The van der Waals surface area contributed by atoms with Gasteiger partial charge in [0.25, 0.3) is 11.8 Å². The lowest BCUT2D eigenvalue weighted by Gasteiger charge is -2.10. The van der Waals surface area contributed by atoms with Crippen molar-refractivity contribution < 1.29 is 14.7 Å². The number of carbonyl (C=O) groups is 2. The molecule has 0 bridgehead atoms. The molecule has 0 radical (unpaired) electrons. The summed E-state index contributed by atoms with van der Waals surface area (Å²) in [5.41, 5.74) is 0.603. The average molecular weight is 507 g/mol. The van der Waals surface area contributed by atoms with Crippen molar-refractivity contribution in [3.63, 3.8) is 0 Å². The Labute approximate surface area is 136 Å². The predicted molar refractivity (Wildman–Crippen MR) is 79.7 cm³/mol. The molecular weight excluding hydrogens is 502 g/mol. The van der Waals surface area contributed by atoms with Gasteiger partial charge in [0.2, 0.25) is 0 Å². The van der Waals surface area contributed by atoms with Crippen LogP contribution < -0.4 is 0 Å². The second kappa shape index (κ2) is 5.32. The number of β-amino-alcohol motifs (C(OH)–C–C–N with tert-alkyl or cyclic N) is 1. The third-order valence-electron chi connectivity index (χ3n) is 2.51. The summed E-state index contributed by atoms with van der Waals surface area (Å²) >= 11 is 13.3. The Bertz CT molecular complexity index is 526. The highest BCUT2D eigenvalue weighted by Gasteiger charge is 2.40. The van der Waals surface area contributed by atoms with E-state index in [1.165, 1.54) is 0 Å². The van der Waals surface area contributed by atoms with Crippen LogP contribution in [0.5, 0.6) is 0 Å². The zero-order valence-corrected chi connectivity index (χ0v) is 15.0. The molecule has 1 heterocycles. The molecule has 2 rings (SSSR count). The maximum absolute atomic E-state index is 12.1. The van der Waals surface area contributed by atoms with E-state index < -0.39 is 11.8 Å². The molecule has 1 aliphatic heterocycles. The number of aliphatic hydroxyl groups is 1. The maximum Gasteiger partial charge on any atom is 0.262 e. The van der Waals surface area contributed by atoms with Crippen LogP contribution in [0.2, 0.25) is 0 Å². The van der Waals surface area contributed by atoms with Gasteiger partial charge in [-0.3, -0.25) is 14.5 Å². The Balaban J connectivity index is 2.72. The van der Waals surface area contributed by atoms with Crippen LogP contribution in [0.15, 0.2) is 17.9 Å². The van der Waals surface area contributed by atoms with E-state index in [1.54, 1.807) is 0 Å². The van der Waals surface area contributed by atoms with Crippen molar-refractivity contribution >= 4 is 75.5 Å². The monoisotopic (exact) mass is 503 g/mol. The number of benzene rings is 1. The van der Waals surface area contributed by atoms with E-state index in [1.807, 2.05) is 0 Å². The van der Waals surface area contributed by atoms with Crippen LogP contribution in [-0.2, 0) is 0 Å². The van der Waals surface area contributed by atoms with Gasteiger partial charge in [0.15, 0.2) is 0 Å². The summed E-state index contributed by atoms with van der Waals surface area (Å²) in [6.45, 7) is -0.274. The lowest BCUT2D eigenvalue weighted by Crippen LogP contribution is -2.32. The van der Waals surface area contributed by atoms with Crippen LogP contribution in [0.25, 0.3) is 0 Å². The van der Waals surface area contributed by atoms with Crippen molar-refractivity contribution in [1.82, 2.24) is 4.90 Å². The van der Waals surface area contributed by atoms with Crippen LogP contribution in [0.4, 0.5) is 0 Å². The number of rotatable bonds is 2. The van der Waals surface area contributed by atoms with E-state index in [2.05, 4.69) is 63.7 Å². The number of fused-ring (bicyclic) bond motifs is 1. The predicted octanol–water partition coefficient (Wildman–Crippen LogP) is 3.32. The fourth-order valence-electron chi connectivity index (χ4n) is 1.70. The van der Waals surface area contributed by atoms with Crippen molar-refractivity contribution in [3.05, 3.63) is 29.0 Å². The summed E-state index contributed by atoms with van der Waals surface area (Å²) in [5, 5.41) is 8.90. The van der Waals surface area contributed by atoms with Gasteiger partial charge in [-0.2, -0.15) is 0 Å². The first-order valence-electron chi connectivity index (χ1n) is 4.74. The number of hydrogen-bond donors (Lipinski definition) is 1. The molecule has 8 heteroatoms. The van der Waals surface area contributed by atoms with E-state index in [9.17, 15) is 9.59 Å². The SMILES string of the molecule is O=C1c2c(Br)c(Br)c(Br)c(Br)c2C(=O)N1CCO. The standard InChI is InChI=1S/C10H5Br4NO3/c11-5-3-4(6(12)8(14)7(5)13)10(18)15(1-2-16)9(3)17/h16H,1-2H2. The van der Waals surface area contributed by atoms with Gasteiger partial charge < -0.3 is 5.11 Å². The number of amides is 2. The van der Waals surface area contributed by atoms with Gasteiger partial charge in [-0.25, -0.2) is 0 Å². The summed E-state index contributed by atoms with van der Waals surface area (Å²) in [7, 11) is 0. The van der Waals surface area contributed by atoms with E-state index in [-0.39, 0.29) is 13.2 Å². The highest BCUT2D eigenvalue weighted by atomic mass is 79.9. The lowest BCUT2D eigenvalue weighted by molar-refractivity contribution is 0.0623. The van der Waals surface area contributed by atoms with E-state index >= 15 is 0 Å². The van der Waals surface area contributed by atoms with Crippen molar-refractivity contribution in [2.45, 2.75) is 0 Å². The topological polar surface area (TPSA) is 57.6 Å². The van der Waals surface area contributed by atoms with E-state index in [0.29, 0.717) is 29.0 Å². The van der Waals surface area contributed by atoms with E-state index in [4.69, 9.17) is 5.11 Å². The normalized spacial score (nSPS) is 14.4. The van der Waals surface area contributed by atoms with Crippen molar-refractivity contribution in [3.8, 4) is 0 Å². The first-order valence-corrected chi connectivity index (χ1v) is 7.92. The second-order valence-electron chi connectivity index (χ2n) is 3.49. The minimum atomic E-state index is -0.412. The number of hydrogen-bond acceptors (Lipinski definition) is 3. The molecule has 0 saturated carbocycles. The first-order chi connectivity index (χ1) is 8.41. The first kappa shape index (κ1) is 14.6. The summed E-state index contributed by atoms with van der Waals surface area (Å²) in [4.78, 5) is 25.3. The quantitative estimate of drug-likeness (QED) is 0.380. The van der Waals surface area contributed by atoms with Gasteiger partial charge in [0.05, 0.1) is 24.3 Å². The highest BCUT2D eigenvalue weighted by Crippen LogP contribution is 2.45. The second-order valence-corrected chi connectivity index (χ2v) is 6.66. The summed E-state index contributed by atoms with van der Waals surface area (Å²) in [5.74, 6) is -0.824. The fraction of sp³-hybridized carbons (Fsp3) is 0.200. The number of nitrogens with zero attached hydrogens (tertiary/aromatic N) is 1. The molecule has 1 aromatic rings. The number of imide groups is 1. The Kier molecular flexibility index (Phi) is 4.33. The fourth-order valence-corrected chi connectivity index (χ4v) is 4.16. The molecular formula is C10H5Br4NO3. The molecule has 1 aromatic carbocycles. The number of aliphatic hydroxyl groups excluding tert-OH is 1. The Morgan fingerprint density at radius 3 is 1.56 bits per heavy atom. The van der Waals surface area contributed by atoms with Gasteiger partial charge >= 0.3 is 0 Å². The Hall–Kier alpha value is 0.240. The molecule has 1 aliphatic rings. The average Bonchev–Trinajstić information content (AvgIpc) is 2.59. The van der Waals surface area contributed by atoms with Crippen molar-refractivity contribution in [2.24, 2.45) is 0 Å². The highest BCUT2D eigenvalue weighted by molar-refractivity contribution is 9.15. The molecule has 96 valence electrons. The van der Waals surface area contributed by atoms with Gasteiger partial charge in [0, 0.05) is 17.9 Å². The number of carbonyl (C=O) groups excluding carboxylic acids is 2. The minimum Gasteiger partial charge on any atom is -0.395 e. The molecule has 0 spiro atoms. The maximum atomic E-state index is 12.1. The van der Waals surface area contributed by atoms with Gasteiger partial charge in [-0.15, -0.1) is 0 Å². The smallest absolute Gasteiger partial charge is 0.262 e. The molecule has 1 N–H and O–H groups in total. The Morgan fingerprint density at radius 2 is 1.22 bits per heavy atom. The third kappa shape index (κ3) is 2.02. The summed E-state index contributed by atoms with van der Waals surface area (Å²) in [6.07, 6.45) is 0. The molecule has 0 fully saturated rings. The van der Waals surface area contributed by atoms with Crippen molar-refractivity contribution in [2.75, 3.05) is 13.2 Å². The zero-order chi connectivity index (χ0) is 13.6. The minimum absolute atomic E-state index is 0.0134. The van der Waals surface area contributed by atoms with Crippen molar-refractivity contribution in [1.29, 1.82) is 0 Å². The largest absolute Gasteiger partial charge is 0.395 e. The van der Waals surface area contributed by atoms with Crippen LogP contribution in [0.1, 0.15) is 20.7 Å². The van der Waals surface area contributed by atoms with Crippen LogP contribution >= 0.6 is 63.7 Å². The lowest BCUT2D eigenvalue weighted by atomic mass is 10.1. The molecule has 4 nitrogen and oxygen atoms in total. The molecule has 0 atom stereocenters. The molecule has 18 heavy (non-hydrogen) atoms. The molecule has 0 saturated heterocycles. The molecule has 2 amide bonds. The summed E-state index contributed by atoms with van der Waals surface area (Å²) in [6, 6.07) is 0. The Morgan fingerprint density at radius 1 is 0.833 bits per heavy atom. The molecule has 0 aromatic heterocycles. The molecule has 0 unspecified atom stereocenters. The van der Waals surface area contributed by atoms with Crippen LogP contribution in [0.3, 0.4) is 0 Å². The number of halogens is 4. The van der Waals surface area contributed by atoms with Crippen LogP contribution in [-0.4, -0.2) is 35.0 Å². The van der Waals surface area contributed by atoms with Gasteiger partial charge in [0.1, 0.15) is 0 Å². The van der Waals surface area contributed by atoms with Crippen LogP contribution in [0, 0.1) is 0 Å². The van der Waals surface area contributed by atoms with E-state index in [0.717, 1.165) is 4.90 Å². The van der Waals surface area contributed by atoms with Gasteiger partial charge in [-0.1, -0.05) is 0 Å². The molecule has 0 aliphatic carbocycles. The zero-order valence-electron chi connectivity index (χ0n) is 8.64. The third-order valence-corrected chi connectivity index (χ3v) is 7.28. The summed E-state index contributed by atoms with van der Waals surface area (Å²) < 4.78 is 2.35.